The maximum Gasteiger partial charge on any atom is 0.230 e. The Balaban J connectivity index is 1.73. The summed E-state index contributed by atoms with van der Waals surface area (Å²) in [6.07, 6.45) is 0.264. The highest BCUT2D eigenvalue weighted by molar-refractivity contribution is 7.07. The van der Waals surface area contributed by atoms with Crippen LogP contribution in [0.5, 0.6) is 0 Å². The van der Waals surface area contributed by atoms with Crippen LogP contribution in [0.4, 0.5) is 15.8 Å². The van der Waals surface area contributed by atoms with Crippen molar-refractivity contribution in [3.05, 3.63) is 75.8 Å². The molecule has 1 N–H and O–H groups in total. The smallest absolute Gasteiger partial charge is 0.230 e. The van der Waals surface area contributed by atoms with Crippen molar-refractivity contribution in [1.82, 2.24) is 4.57 Å². The number of nitrogens with one attached hydrogen (secondary N) is 1. The Kier molecular flexibility index (Phi) is 5.09. The van der Waals surface area contributed by atoms with E-state index in [1.54, 1.807) is 12.1 Å². The average molecular weight is 355 g/mol. The van der Waals surface area contributed by atoms with E-state index in [0.29, 0.717) is 5.69 Å². The highest BCUT2D eigenvalue weighted by Crippen LogP contribution is 2.13. The lowest BCUT2D eigenvalue weighted by Gasteiger charge is -2.06. The van der Waals surface area contributed by atoms with Crippen molar-refractivity contribution in [1.29, 1.82) is 0 Å². The van der Waals surface area contributed by atoms with Gasteiger partial charge in [-0.25, -0.2) is 9.38 Å². The Labute approximate surface area is 149 Å². The third kappa shape index (κ3) is 4.42. The SMILES string of the molecule is Cc1ccc(NC(=O)Cc2csc(=Nc3ccc(F)cc3)n2C)cc1. The first kappa shape index (κ1) is 17.1. The number of aromatic nitrogens is 1. The number of halogens is 1. The first-order chi connectivity index (χ1) is 12.0. The zero-order chi connectivity index (χ0) is 17.8. The number of amides is 1. The fraction of sp³-hybridized carbons (Fsp3) is 0.158. The molecular formula is C19H18FN3OS. The van der Waals surface area contributed by atoms with Gasteiger partial charge in [-0.2, -0.15) is 0 Å². The predicted octanol–water partition coefficient (Wildman–Crippen LogP) is 3.95. The minimum Gasteiger partial charge on any atom is -0.326 e. The Bertz CT molecular complexity index is 940. The molecule has 0 aliphatic heterocycles. The van der Waals surface area contributed by atoms with Gasteiger partial charge in [0.25, 0.3) is 0 Å². The van der Waals surface area contributed by atoms with Crippen LogP contribution in [0, 0.1) is 12.7 Å². The first-order valence-corrected chi connectivity index (χ1v) is 8.69. The molecule has 1 amide bonds. The van der Waals surface area contributed by atoms with Crippen molar-refractivity contribution in [2.24, 2.45) is 12.0 Å². The van der Waals surface area contributed by atoms with Crippen molar-refractivity contribution >= 4 is 28.6 Å². The molecule has 6 heteroatoms. The lowest BCUT2D eigenvalue weighted by molar-refractivity contribution is -0.115. The highest BCUT2D eigenvalue weighted by atomic mass is 32.1. The molecule has 0 fully saturated rings. The Morgan fingerprint density at radius 2 is 1.84 bits per heavy atom. The van der Waals surface area contributed by atoms with E-state index in [4.69, 9.17) is 0 Å². The molecular weight excluding hydrogens is 337 g/mol. The molecule has 0 spiro atoms. The summed E-state index contributed by atoms with van der Waals surface area (Å²) >= 11 is 1.45. The number of carbonyl (C=O) groups excluding carboxylic acids is 1. The highest BCUT2D eigenvalue weighted by Gasteiger charge is 2.08. The monoisotopic (exact) mass is 355 g/mol. The summed E-state index contributed by atoms with van der Waals surface area (Å²) in [5, 5.41) is 4.80. The van der Waals surface area contributed by atoms with Crippen LogP contribution in [0.1, 0.15) is 11.3 Å². The van der Waals surface area contributed by atoms with Crippen LogP contribution < -0.4 is 10.1 Å². The molecule has 1 aromatic heterocycles. The number of hydrogen-bond donors (Lipinski definition) is 1. The largest absolute Gasteiger partial charge is 0.326 e. The predicted molar refractivity (Wildman–Crippen MR) is 98.4 cm³/mol. The van der Waals surface area contributed by atoms with Crippen molar-refractivity contribution in [2.45, 2.75) is 13.3 Å². The van der Waals surface area contributed by atoms with Crippen LogP contribution in [0.15, 0.2) is 58.9 Å². The second-order valence-electron chi connectivity index (χ2n) is 5.75. The van der Waals surface area contributed by atoms with Gasteiger partial charge in [0.1, 0.15) is 5.82 Å². The Morgan fingerprint density at radius 3 is 2.52 bits per heavy atom. The molecule has 0 aliphatic carbocycles. The van der Waals surface area contributed by atoms with Crippen molar-refractivity contribution in [3.8, 4) is 0 Å². The molecule has 25 heavy (non-hydrogen) atoms. The molecule has 0 atom stereocenters. The quantitative estimate of drug-likeness (QED) is 0.757. The van der Waals surface area contributed by atoms with E-state index in [-0.39, 0.29) is 18.1 Å². The maximum absolute atomic E-state index is 13.0. The normalized spacial score (nSPS) is 11.6. The van der Waals surface area contributed by atoms with Crippen LogP contribution in [0.25, 0.3) is 0 Å². The van der Waals surface area contributed by atoms with Crippen LogP contribution in [0.2, 0.25) is 0 Å². The van der Waals surface area contributed by atoms with Crippen molar-refractivity contribution < 1.29 is 9.18 Å². The molecule has 0 bridgehead atoms. The van der Waals surface area contributed by atoms with Gasteiger partial charge in [0.2, 0.25) is 5.91 Å². The summed E-state index contributed by atoms with van der Waals surface area (Å²) in [5.41, 5.74) is 3.48. The average Bonchev–Trinajstić information content (AvgIpc) is 2.92. The van der Waals surface area contributed by atoms with E-state index in [1.807, 2.05) is 48.2 Å². The zero-order valence-corrected chi connectivity index (χ0v) is 14.8. The number of aryl methyl sites for hydroxylation is 1. The number of thiazole rings is 1. The standard InChI is InChI=1S/C19H18FN3OS/c1-13-3-7-15(8-4-13)21-18(24)11-17-12-25-19(23(17)2)22-16-9-5-14(20)6-10-16/h3-10,12H,11H2,1-2H3,(H,21,24). The topological polar surface area (TPSA) is 46.4 Å². The number of anilines is 1. The summed E-state index contributed by atoms with van der Waals surface area (Å²) in [5.74, 6) is -0.367. The summed E-state index contributed by atoms with van der Waals surface area (Å²) in [7, 11) is 1.87. The second-order valence-corrected chi connectivity index (χ2v) is 6.58. The van der Waals surface area contributed by atoms with Crippen LogP contribution in [-0.2, 0) is 18.3 Å². The van der Waals surface area contributed by atoms with Gasteiger partial charge in [-0.1, -0.05) is 17.7 Å². The minimum absolute atomic E-state index is 0.0782. The molecule has 0 saturated carbocycles. The molecule has 0 saturated heterocycles. The minimum atomic E-state index is -0.289. The third-order valence-electron chi connectivity index (χ3n) is 3.75. The number of carbonyl (C=O) groups is 1. The molecule has 3 rings (SSSR count). The van der Waals surface area contributed by atoms with Crippen molar-refractivity contribution in [2.75, 3.05) is 5.32 Å². The van der Waals surface area contributed by atoms with Gasteiger partial charge in [0.15, 0.2) is 4.80 Å². The zero-order valence-electron chi connectivity index (χ0n) is 14.0. The molecule has 0 unspecified atom stereocenters. The Hall–Kier alpha value is -2.73. The molecule has 0 aliphatic rings. The number of nitrogens with zero attached hydrogens (tertiary/aromatic N) is 2. The van der Waals surface area contributed by atoms with Gasteiger partial charge in [-0.3, -0.25) is 4.79 Å². The molecule has 3 aromatic rings. The van der Waals surface area contributed by atoms with Gasteiger partial charge in [0, 0.05) is 23.8 Å². The second kappa shape index (κ2) is 7.44. The van der Waals surface area contributed by atoms with E-state index < -0.39 is 0 Å². The third-order valence-corrected chi connectivity index (χ3v) is 4.71. The number of hydrogen-bond acceptors (Lipinski definition) is 3. The lowest BCUT2D eigenvalue weighted by Crippen LogP contribution is -2.19. The van der Waals surface area contributed by atoms with Gasteiger partial charge in [0.05, 0.1) is 12.1 Å². The first-order valence-electron chi connectivity index (χ1n) is 7.81. The summed E-state index contributed by atoms with van der Waals surface area (Å²) < 4.78 is 14.8. The number of benzene rings is 2. The molecule has 2 aromatic carbocycles. The van der Waals surface area contributed by atoms with E-state index in [9.17, 15) is 9.18 Å². The van der Waals surface area contributed by atoms with E-state index >= 15 is 0 Å². The molecule has 0 radical (unpaired) electrons. The molecule has 4 nitrogen and oxygen atoms in total. The van der Waals surface area contributed by atoms with E-state index in [2.05, 4.69) is 10.3 Å². The van der Waals surface area contributed by atoms with Crippen LogP contribution >= 0.6 is 11.3 Å². The van der Waals surface area contributed by atoms with Crippen molar-refractivity contribution in [3.63, 3.8) is 0 Å². The summed E-state index contributed by atoms with van der Waals surface area (Å²) in [4.78, 5) is 17.5. The van der Waals surface area contributed by atoms with Crippen LogP contribution in [-0.4, -0.2) is 10.5 Å². The lowest BCUT2D eigenvalue weighted by atomic mass is 10.2. The van der Waals surface area contributed by atoms with E-state index in [0.717, 1.165) is 21.7 Å². The molecule has 128 valence electrons. The van der Waals surface area contributed by atoms with Gasteiger partial charge < -0.3 is 9.88 Å². The fourth-order valence-electron chi connectivity index (χ4n) is 2.30. The maximum atomic E-state index is 13.0. The van der Waals surface area contributed by atoms with Gasteiger partial charge in [-0.05, 0) is 43.3 Å². The summed E-state index contributed by atoms with van der Waals surface area (Å²) in [6, 6.07) is 13.7. The summed E-state index contributed by atoms with van der Waals surface area (Å²) in [6.45, 7) is 2.00. The molecule has 1 heterocycles. The fourth-order valence-corrected chi connectivity index (χ4v) is 3.21. The van der Waals surface area contributed by atoms with Crippen LogP contribution in [0.3, 0.4) is 0 Å². The Morgan fingerprint density at radius 1 is 1.16 bits per heavy atom. The van der Waals surface area contributed by atoms with Gasteiger partial charge in [-0.15, -0.1) is 11.3 Å². The van der Waals surface area contributed by atoms with E-state index in [1.165, 1.54) is 23.5 Å². The van der Waals surface area contributed by atoms with Gasteiger partial charge >= 0.3 is 0 Å². The number of rotatable bonds is 4.